The van der Waals surface area contributed by atoms with Gasteiger partial charge in [0.1, 0.15) is 5.78 Å². The van der Waals surface area contributed by atoms with Crippen LogP contribution in [0.3, 0.4) is 0 Å². The first-order valence-corrected chi connectivity index (χ1v) is 14.5. The Morgan fingerprint density at radius 3 is 2.59 bits per heavy atom. The fraction of sp³-hybridized carbons (Fsp3) is 0.731. The molecular weight excluding hydrogens is 372 g/mol. The van der Waals surface area contributed by atoms with Gasteiger partial charge >= 0.3 is 0 Å². The highest BCUT2D eigenvalue weighted by Crippen LogP contribution is 2.54. The minimum Gasteiger partial charge on any atom is -0.544 e. The average molecular weight is 415 g/mol. The lowest BCUT2D eigenvalue weighted by Crippen LogP contribution is -2.40. The molecule has 0 saturated heterocycles. The van der Waals surface area contributed by atoms with E-state index in [0.717, 1.165) is 37.9 Å². The number of allylic oxidation sites excluding steroid dienone is 5. The third kappa shape index (κ3) is 4.65. The van der Waals surface area contributed by atoms with Crippen molar-refractivity contribution in [3.05, 3.63) is 36.1 Å². The number of Topliss-reactive ketones (excluding diaryl/α,β-unsaturated/α-hetero) is 1. The number of carbonyl (C=O) groups is 1. The van der Waals surface area contributed by atoms with Crippen LogP contribution in [0.25, 0.3) is 0 Å². The maximum absolute atomic E-state index is 12.3. The summed E-state index contributed by atoms with van der Waals surface area (Å²) in [6, 6.07) is 0. The molecule has 0 aliphatic heterocycles. The minimum atomic E-state index is -1.77. The van der Waals surface area contributed by atoms with Crippen LogP contribution in [0.4, 0.5) is 0 Å². The van der Waals surface area contributed by atoms with Gasteiger partial charge in [-0.2, -0.15) is 0 Å². The van der Waals surface area contributed by atoms with Crippen molar-refractivity contribution in [1.82, 2.24) is 0 Å². The van der Waals surface area contributed by atoms with E-state index in [1.54, 1.807) is 0 Å². The zero-order chi connectivity index (χ0) is 21.5. The van der Waals surface area contributed by atoms with Crippen molar-refractivity contribution >= 4 is 14.1 Å². The highest BCUT2D eigenvalue weighted by Gasteiger charge is 2.50. The third-order valence-corrected chi connectivity index (χ3v) is 12.8. The second-order valence-corrected chi connectivity index (χ2v) is 16.6. The van der Waals surface area contributed by atoms with E-state index in [1.165, 1.54) is 12.8 Å². The van der Waals surface area contributed by atoms with E-state index in [9.17, 15) is 4.79 Å². The van der Waals surface area contributed by atoms with E-state index in [0.29, 0.717) is 17.6 Å². The minimum absolute atomic E-state index is 0.165. The van der Waals surface area contributed by atoms with Crippen molar-refractivity contribution in [1.29, 1.82) is 0 Å². The van der Waals surface area contributed by atoms with Gasteiger partial charge in [-0.15, -0.1) is 0 Å². The van der Waals surface area contributed by atoms with E-state index in [2.05, 4.69) is 78.1 Å². The first-order valence-electron chi connectivity index (χ1n) is 11.6. The summed E-state index contributed by atoms with van der Waals surface area (Å²) in [5.41, 5.74) is 0.372. The highest BCUT2D eigenvalue weighted by molar-refractivity contribution is 6.74. The van der Waals surface area contributed by atoms with Gasteiger partial charge in [-0.25, -0.2) is 0 Å². The maximum atomic E-state index is 12.3. The molecule has 0 bridgehead atoms. The lowest BCUT2D eigenvalue weighted by atomic mass is 9.65. The standard InChI is InChI=1S/C26H42O2Si/c1-24(2,3)29(6,7)28-21-14-18-25(4,19-15-21)16-8-10-20-12-13-22-23(27)11-9-17-26(20,22)5/h8,10,14-15,18,20,22H,9,11-13,16-17,19H2,1-7H3/b10-8+/t20-,22-,25-,26+/m0/s1. The van der Waals surface area contributed by atoms with Crippen LogP contribution in [0.2, 0.25) is 18.1 Å². The number of carbonyl (C=O) groups excluding carboxylic acids is 1. The highest BCUT2D eigenvalue weighted by atomic mass is 28.4. The SMILES string of the molecule is CC(C)(C)[Si](C)(C)OC1=CC[C@@](C)(C/C=C/[C@H]2CC[C@H]3C(=O)CCC[C@]23C)C=C1. The monoisotopic (exact) mass is 414 g/mol. The molecule has 3 aliphatic carbocycles. The van der Waals surface area contributed by atoms with E-state index < -0.39 is 8.32 Å². The Hall–Kier alpha value is -1.09. The van der Waals surface area contributed by atoms with Crippen molar-refractivity contribution in [2.75, 3.05) is 0 Å². The Bertz CT molecular complexity index is 723. The second kappa shape index (κ2) is 7.87. The molecule has 4 atom stereocenters. The van der Waals surface area contributed by atoms with Crippen LogP contribution < -0.4 is 0 Å². The Morgan fingerprint density at radius 2 is 1.97 bits per heavy atom. The van der Waals surface area contributed by atoms with Crippen LogP contribution in [0.1, 0.15) is 79.6 Å². The number of rotatable bonds is 5. The van der Waals surface area contributed by atoms with Gasteiger partial charge in [0, 0.05) is 12.3 Å². The first kappa shape index (κ1) is 22.6. The molecule has 0 radical (unpaired) electrons. The zero-order valence-corrected chi connectivity index (χ0v) is 20.8. The molecule has 3 heteroatoms. The summed E-state index contributed by atoms with van der Waals surface area (Å²) in [6.45, 7) is 16.2. The molecule has 2 nitrogen and oxygen atoms in total. The fourth-order valence-electron chi connectivity index (χ4n) is 5.22. The molecular formula is C26H42O2Si. The molecule has 0 aromatic rings. The van der Waals surface area contributed by atoms with Gasteiger partial charge in [0.2, 0.25) is 8.32 Å². The normalized spacial score (nSPS) is 35.7. The Morgan fingerprint density at radius 1 is 1.24 bits per heavy atom. The molecule has 2 saturated carbocycles. The van der Waals surface area contributed by atoms with E-state index in [4.69, 9.17) is 4.43 Å². The molecule has 0 N–H and O–H groups in total. The topological polar surface area (TPSA) is 26.3 Å². The van der Waals surface area contributed by atoms with Gasteiger partial charge in [0.15, 0.2) is 0 Å². The molecule has 3 aliphatic rings. The lowest BCUT2D eigenvalue weighted by molar-refractivity contribution is -0.129. The predicted molar refractivity (Wildman–Crippen MR) is 125 cm³/mol. The maximum Gasteiger partial charge on any atom is 0.250 e. The number of hydrogen-bond acceptors (Lipinski definition) is 2. The van der Waals surface area contributed by atoms with Gasteiger partial charge in [-0.1, -0.05) is 52.8 Å². The van der Waals surface area contributed by atoms with Crippen LogP contribution in [-0.4, -0.2) is 14.1 Å². The predicted octanol–water partition coefficient (Wildman–Crippen LogP) is 7.59. The molecule has 0 aromatic heterocycles. The summed E-state index contributed by atoms with van der Waals surface area (Å²) in [5.74, 6) is 2.47. The molecule has 2 fully saturated rings. The Balaban J connectivity index is 1.58. The van der Waals surface area contributed by atoms with Crippen molar-refractivity contribution in [2.45, 2.75) is 97.7 Å². The lowest BCUT2D eigenvalue weighted by Gasteiger charge is -2.39. The molecule has 3 rings (SSSR count). The van der Waals surface area contributed by atoms with Gasteiger partial charge < -0.3 is 4.43 Å². The number of ketones is 1. The van der Waals surface area contributed by atoms with Crippen molar-refractivity contribution in [3.8, 4) is 0 Å². The van der Waals surface area contributed by atoms with Crippen LogP contribution in [0.15, 0.2) is 36.1 Å². The van der Waals surface area contributed by atoms with Crippen LogP contribution >= 0.6 is 0 Å². The van der Waals surface area contributed by atoms with Crippen LogP contribution in [0.5, 0.6) is 0 Å². The van der Waals surface area contributed by atoms with E-state index >= 15 is 0 Å². The molecule has 0 spiro atoms. The average Bonchev–Trinajstić information content (AvgIpc) is 2.94. The Kier molecular flexibility index (Phi) is 6.13. The molecule has 162 valence electrons. The van der Waals surface area contributed by atoms with Gasteiger partial charge in [-0.05, 0) is 85.6 Å². The smallest absolute Gasteiger partial charge is 0.250 e. The fourth-order valence-corrected chi connectivity index (χ4v) is 6.26. The van der Waals surface area contributed by atoms with Gasteiger partial charge in [0.05, 0.1) is 5.76 Å². The van der Waals surface area contributed by atoms with Crippen molar-refractivity contribution in [2.24, 2.45) is 22.7 Å². The molecule has 0 aromatic carbocycles. The largest absolute Gasteiger partial charge is 0.544 e. The van der Waals surface area contributed by atoms with Crippen LogP contribution in [0, 0.1) is 22.7 Å². The summed E-state index contributed by atoms with van der Waals surface area (Å²) < 4.78 is 6.47. The molecule has 0 unspecified atom stereocenters. The van der Waals surface area contributed by atoms with Crippen molar-refractivity contribution in [3.63, 3.8) is 0 Å². The first-order chi connectivity index (χ1) is 13.4. The summed E-state index contributed by atoms with van der Waals surface area (Å²) >= 11 is 0. The van der Waals surface area contributed by atoms with Crippen molar-refractivity contribution < 1.29 is 9.22 Å². The summed E-state index contributed by atoms with van der Waals surface area (Å²) in [5, 5.41) is 0.223. The van der Waals surface area contributed by atoms with Crippen LogP contribution in [-0.2, 0) is 9.22 Å². The number of hydrogen-bond donors (Lipinski definition) is 0. The second-order valence-electron chi connectivity index (χ2n) is 11.9. The third-order valence-electron chi connectivity index (χ3n) is 8.49. The molecule has 0 amide bonds. The summed E-state index contributed by atoms with van der Waals surface area (Å²) in [4.78, 5) is 12.3. The zero-order valence-electron chi connectivity index (χ0n) is 19.8. The summed E-state index contributed by atoms with van der Waals surface area (Å²) in [7, 11) is -1.77. The molecule has 29 heavy (non-hydrogen) atoms. The Labute approximate surface area is 180 Å². The van der Waals surface area contributed by atoms with Gasteiger partial charge in [0.25, 0.3) is 0 Å². The number of fused-ring (bicyclic) bond motifs is 1. The quantitative estimate of drug-likeness (QED) is 0.342. The van der Waals surface area contributed by atoms with E-state index in [-0.39, 0.29) is 15.9 Å². The van der Waals surface area contributed by atoms with E-state index in [1.807, 2.05) is 0 Å². The van der Waals surface area contributed by atoms with Gasteiger partial charge in [-0.3, -0.25) is 4.79 Å². The molecule has 0 heterocycles. The summed E-state index contributed by atoms with van der Waals surface area (Å²) in [6.07, 6.45) is 19.2.